The number of carbonyl (C=O) groups is 1. The molecule has 5 heteroatoms. The summed E-state index contributed by atoms with van der Waals surface area (Å²) in [5, 5.41) is 13.4. The van der Waals surface area contributed by atoms with E-state index < -0.39 is 0 Å². The summed E-state index contributed by atoms with van der Waals surface area (Å²) in [6.07, 6.45) is 1.77. The molecule has 19 heavy (non-hydrogen) atoms. The minimum atomic E-state index is -0.332. The van der Waals surface area contributed by atoms with Gasteiger partial charge < -0.3 is 9.84 Å². The maximum absolute atomic E-state index is 11.5. The number of ether oxygens (including phenoxy) is 1. The number of hydrogen-bond acceptors (Lipinski definition) is 4. The fourth-order valence-corrected chi connectivity index (χ4v) is 1.75. The quantitative estimate of drug-likeness (QED) is 0.852. The molecule has 0 aliphatic rings. The molecule has 0 radical (unpaired) electrons. The SMILES string of the molecule is CCOC(=O)c1ccc(-n2cc(CO)c(C)n2)cc1. The first-order chi connectivity index (χ1) is 9.15. The van der Waals surface area contributed by atoms with Crippen LogP contribution in [0.4, 0.5) is 0 Å². The molecule has 0 bridgehead atoms. The number of aromatic nitrogens is 2. The highest BCUT2D eigenvalue weighted by molar-refractivity contribution is 5.89. The average molecular weight is 260 g/mol. The van der Waals surface area contributed by atoms with E-state index >= 15 is 0 Å². The predicted molar refractivity (Wildman–Crippen MR) is 70.2 cm³/mol. The van der Waals surface area contributed by atoms with E-state index in [-0.39, 0.29) is 12.6 Å². The van der Waals surface area contributed by atoms with Crippen LogP contribution in [-0.2, 0) is 11.3 Å². The van der Waals surface area contributed by atoms with Gasteiger partial charge in [-0.1, -0.05) is 0 Å². The molecular formula is C14H16N2O3. The zero-order valence-corrected chi connectivity index (χ0v) is 11.0. The molecular weight excluding hydrogens is 244 g/mol. The molecule has 0 saturated heterocycles. The van der Waals surface area contributed by atoms with Crippen LogP contribution in [0.5, 0.6) is 0 Å². The Kier molecular flexibility index (Phi) is 3.97. The molecule has 2 aromatic rings. The number of aliphatic hydroxyl groups is 1. The summed E-state index contributed by atoms with van der Waals surface area (Å²) in [6, 6.07) is 6.98. The van der Waals surface area contributed by atoms with E-state index in [4.69, 9.17) is 9.84 Å². The van der Waals surface area contributed by atoms with E-state index in [2.05, 4.69) is 5.10 Å². The van der Waals surface area contributed by atoms with E-state index in [0.29, 0.717) is 12.2 Å². The first-order valence-electron chi connectivity index (χ1n) is 6.09. The minimum absolute atomic E-state index is 0.0350. The van der Waals surface area contributed by atoms with E-state index in [1.165, 1.54) is 0 Å². The summed E-state index contributed by atoms with van der Waals surface area (Å²) in [5.41, 5.74) is 2.92. The zero-order chi connectivity index (χ0) is 13.8. The van der Waals surface area contributed by atoms with Crippen LogP contribution in [0.2, 0.25) is 0 Å². The highest BCUT2D eigenvalue weighted by Crippen LogP contribution is 2.13. The van der Waals surface area contributed by atoms with Crippen molar-refractivity contribution in [1.29, 1.82) is 0 Å². The van der Waals surface area contributed by atoms with Gasteiger partial charge >= 0.3 is 5.97 Å². The summed E-state index contributed by atoms with van der Waals surface area (Å²) < 4.78 is 6.60. The average Bonchev–Trinajstić information content (AvgIpc) is 2.80. The summed E-state index contributed by atoms with van der Waals surface area (Å²) in [5.74, 6) is -0.332. The fraction of sp³-hybridized carbons (Fsp3) is 0.286. The van der Waals surface area contributed by atoms with Crippen molar-refractivity contribution in [2.75, 3.05) is 6.61 Å². The number of esters is 1. The molecule has 0 amide bonds. The summed E-state index contributed by atoms with van der Waals surface area (Å²) in [4.78, 5) is 11.5. The van der Waals surface area contributed by atoms with Crippen molar-refractivity contribution in [3.63, 3.8) is 0 Å². The zero-order valence-electron chi connectivity index (χ0n) is 11.0. The second-order valence-electron chi connectivity index (χ2n) is 4.11. The Bertz CT molecular complexity index is 573. The molecule has 1 aromatic heterocycles. The molecule has 0 fully saturated rings. The maximum Gasteiger partial charge on any atom is 0.338 e. The first-order valence-corrected chi connectivity index (χ1v) is 6.09. The van der Waals surface area contributed by atoms with Gasteiger partial charge in [-0.25, -0.2) is 9.48 Å². The number of rotatable bonds is 4. The van der Waals surface area contributed by atoms with Crippen LogP contribution in [0.25, 0.3) is 5.69 Å². The molecule has 0 aliphatic heterocycles. The van der Waals surface area contributed by atoms with Gasteiger partial charge in [-0.05, 0) is 38.1 Å². The van der Waals surface area contributed by atoms with Gasteiger partial charge in [0.1, 0.15) is 0 Å². The van der Waals surface area contributed by atoms with Gasteiger partial charge in [-0.2, -0.15) is 5.10 Å². The Morgan fingerprint density at radius 3 is 2.58 bits per heavy atom. The van der Waals surface area contributed by atoms with Gasteiger partial charge in [0.25, 0.3) is 0 Å². The highest BCUT2D eigenvalue weighted by Gasteiger charge is 2.08. The molecule has 0 spiro atoms. The molecule has 0 saturated carbocycles. The third-order valence-electron chi connectivity index (χ3n) is 2.81. The molecule has 1 heterocycles. The fourth-order valence-electron chi connectivity index (χ4n) is 1.75. The van der Waals surface area contributed by atoms with Crippen molar-refractivity contribution >= 4 is 5.97 Å². The van der Waals surface area contributed by atoms with Crippen LogP contribution < -0.4 is 0 Å². The molecule has 100 valence electrons. The van der Waals surface area contributed by atoms with E-state index in [1.54, 1.807) is 42.1 Å². The number of aryl methyl sites for hydroxylation is 1. The normalized spacial score (nSPS) is 10.5. The number of benzene rings is 1. The second kappa shape index (κ2) is 5.67. The van der Waals surface area contributed by atoms with Crippen LogP contribution in [0.15, 0.2) is 30.5 Å². The van der Waals surface area contributed by atoms with Crippen LogP contribution in [0.3, 0.4) is 0 Å². The molecule has 0 aliphatic carbocycles. The minimum Gasteiger partial charge on any atom is -0.462 e. The lowest BCUT2D eigenvalue weighted by atomic mass is 10.2. The third kappa shape index (κ3) is 2.82. The van der Waals surface area contributed by atoms with Crippen molar-refractivity contribution in [2.24, 2.45) is 0 Å². The third-order valence-corrected chi connectivity index (χ3v) is 2.81. The molecule has 2 rings (SSSR count). The lowest BCUT2D eigenvalue weighted by Crippen LogP contribution is -2.04. The lowest BCUT2D eigenvalue weighted by Gasteiger charge is -2.04. The van der Waals surface area contributed by atoms with Gasteiger partial charge in [0.05, 0.1) is 30.2 Å². The van der Waals surface area contributed by atoms with Crippen molar-refractivity contribution in [2.45, 2.75) is 20.5 Å². The Hall–Kier alpha value is -2.14. The largest absolute Gasteiger partial charge is 0.462 e. The van der Waals surface area contributed by atoms with Crippen LogP contribution in [0.1, 0.15) is 28.5 Å². The molecule has 5 nitrogen and oxygen atoms in total. The Morgan fingerprint density at radius 2 is 2.05 bits per heavy atom. The van der Waals surface area contributed by atoms with Crippen LogP contribution in [-0.4, -0.2) is 27.5 Å². The number of hydrogen-bond donors (Lipinski definition) is 1. The van der Waals surface area contributed by atoms with Gasteiger partial charge in [-0.3, -0.25) is 0 Å². The Balaban J connectivity index is 2.24. The standard InChI is InChI=1S/C14H16N2O3/c1-3-19-14(18)11-4-6-13(7-5-11)16-8-12(9-17)10(2)15-16/h4-8,17H,3,9H2,1-2H3. The summed E-state index contributed by atoms with van der Waals surface area (Å²) >= 11 is 0. The lowest BCUT2D eigenvalue weighted by molar-refractivity contribution is 0.0526. The molecule has 0 atom stereocenters. The Labute approximate surface area is 111 Å². The summed E-state index contributed by atoms with van der Waals surface area (Å²) in [7, 11) is 0. The van der Waals surface area contributed by atoms with Crippen molar-refractivity contribution in [1.82, 2.24) is 9.78 Å². The monoisotopic (exact) mass is 260 g/mol. The Morgan fingerprint density at radius 1 is 1.37 bits per heavy atom. The van der Waals surface area contributed by atoms with E-state index in [9.17, 15) is 4.79 Å². The summed E-state index contributed by atoms with van der Waals surface area (Å²) in [6.45, 7) is 3.94. The van der Waals surface area contributed by atoms with Gasteiger partial charge in [-0.15, -0.1) is 0 Å². The predicted octanol–water partition coefficient (Wildman–Crippen LogP) is 1.85. The van der Waals surface area contributed by atoms with Gasteiger partial charge in [0.2, 0.25) is 0 Å². The maximum atomic E-state index is 11.5. The smallest absolute Gasteiger partial charge is 0.338 e. The number of aliphatic hydroxyl groups excluding tert-OH is 1. The highest BCUT2D eigenvalue weighted by atomic mass is 16.5. The second-order valence-corrected chi connectivity index (χ2v) is 4.11. The molecule has 1 N–H and O–H groups in total. The molecule has 1 aromatic carbocycles. The van der Waals surface area contributed by atoms with Crippen molar-refractivity contribution in [3.8, 4) is 5.69 Å². The molecule has 0 unspecified atom stereocenters. The first kappa shape index (κ1) is 13.3. The van der Waals surface area contributed by atoms with Crippen LogP contribution >= 0.6 is 0 Å². The van der Waals surface area contributed by atoms with E-state index in [0.717, 1.165) is 16.9 Å². The van der Waals surface area contributed by atoms with Crippen molar-refractivity contribution in [3.05, 3.63) is 47.3 Å². The number of carbonyl (C=O) groups excluding carboxylic acids is 1. The van der Waals surface area contributed by atoms with Crippen LogP contribution in [0, 0.1) is 6.92 Å². The van der Waals surface area contributed by atoms with Gasteiger partial charge in [0.15, 0.2) is 0 Å². The topological polar surface area (TPSA) is 64.3 Å². The van der Waals surface area contributed by atoms with Crippen molar-refractivity contribution < 1.29 is 14.6 Å². The van der Waals surface area contributed by atoms with E-state index in [1.807, 2.05) is 6.92 Å². The van der Waals surface area contributed by atoms with Gasteiger partial charge in [0, 0.05) is 11.8 Å². The number of nitrogens with zero attached hydrogens (tertiary/aromatic N) is 2.